The van der Waals surface area contributed by atoms with Crippen LogP contribution in [0.1, 0.15) is 21.6 Å². The molecular formula is C19H16FN3O2S. The predicted octanol–water partition coefficient (Wildman–Crippen LogP) is 3.39. The summed E-state index contributed by atoms with van der Waals surface area (Å²) in [6.07, 6.45) is 0.243. The molecule has 3 aromatic rings. The summed E-state index contributed by atoms with van der Waals surface area (Å²) in [4.78, 5) is 28.3. The number of aromatic nitrogens is 1. The average molecular weight is 369 g/mol. The summed E-state index contributed by atoms with van der Waals surface area (Å²) in [5, 5.41) is 7.36. The van der Waals surface area contributed by atoms with Crippen LogP contribution in [0.3, 0.4) is 0 Å². The fourth-order valence-corrected chi connectivity index (χ4v) is 2.96. The number of carbonyl (C=O) groups excluding carboxylic acids is 2. The SMILES string of the molecule is O=C(Cc1ccccc1)Nc1nc(C(=O)NCc2ccc(F)cc2)cs1. The molecule has 0 aliphatic rings. The minimum atomic E-state index is -0.353. The number of halogens is 1. The number of anilines is 1. The van der Waals surface area contributed by atoms with Gasteiger partial charge in [0.2, 0.25) is 5.91 Å². The monoisotopic (exact) mass is 369 g/mol. The normalized spacial score (nSPS) is 10.3. The lowest BCUT2D eigenvalue weighted by Gasteiger charge is -2.03. The molecule has 1 heterocycles. The zero-order chi connectivity index (χ0) is 18.4. The highest BCUT2D eigenvalue weighted by molar-refractivity contribution is 7.14. The van der Waals surface area contributed by atoms with E-state index in [1.54, 1.807) is 17.5 Å². The molecule has 0 aliphatic carbocycles. The Kier molecular flexibility index (Phi) is 5.70. The summed E-state index contributed by atoms with van der Waals surface area (Å²) in [6.45, 7) is 0.270. The standard InChI is InChI=1S/C19H16FN3O2S/c20-15-8-6-14(7-9-15)11-21-18(25)16-12-26-19(22-16)23-17(24)10-13-4-2-1-3-5-13/h1-9,12H,10-11H2,(H,21,25)(H,22,23,24). The first-order valence-electron chi connectivity index (χ1n) is 7.92. The molecule has 5 nitrogen and oxygen atoms in total. The second-order valence-electron chi connectivity index (χ2n) is 5.56. The molecule has 0 fully saturated rings. The molecule has 0 atom stereocenters. The van der Waals surface area contributed by atoms with E-state index >= 15 is 0 Å². The van der Waals surface area contributed by atoms with Gasteiger partial charge in [-0.1, -0.05) is 42.5 Å². The zero-order valence-electron chi connectivity index (χ0n) is 13.7. The Morgan fingerprint density at radius 1 is 1.00 bits per heavy atom. The van der Waals surface area contributed by atoms with Gasteiger partial charge in [-0.05, 0) is 23.3 Å². The van der Waals surface area contributed by atoms with Crippen molar-refractivity contribution in [3.05, 3.63) is 82.6 Å². The number of nitrogens with zero attached hydrogens (tertiary/aromatic N) is 1. The Labute approximate surface area is 153 Å². The minimum Gasteiger partial charge on any atom is -0.347 e. The number of hydrogen-bond donors (Lipinski definition) is 2. The van der Waals surface area contributed by atoms with E-state index in [0.29, 0.717) is 5.13 Å². The Morgan fingerprint density at radius 2 is 1.73 bits per heavy atom. The molecule has 0 saturated carbocycles. The summed E-state index contributed by atoms with van der Waals surface area (Å²) < 4.78 is 12.9. The highest BCUT2D eigenvalue weighted by atomic mass is 32.1. The lowest BCUT2D eigenvalue weighted by Crippen LogP contribution is -2.23. The number of benzene rings is 2. The van der Waals surface area contributed by atoms with Gasteiger partial charge in [-0.2, -0.15) is 0 Å². The van der Waals surface area contributed by atoms with Gasteiger partial charge in [0.05, 0.1) is 6.42 Å². The summed E-state index contributed by atoms with van der Waals surface area (Å²) in [6, 6.07) is 15.3. The van der Waals surface area contributed by atoms with Crippen LogP contribution in [-0.4, -0.2) is 16.8 Å². The molecule has 26 heavy (non-hydrogen) atoms. The lowest BCUT2D eigenvalue weighted by molar-refractivity contribution is -0.115. The first-order chi connectivity index (χ1) is 12.6. The van der Waals surface area contributed by atoms with E-state index in [2.05, 4.69) is 15.6 Å². The van der Waals surface area contributed by atoms with E-state index in [9.17, 15) is 14.0 Å². The van der Waals surface area contributed by atoms with Crippen LogP contribution in [0.15, 0.2) is 60.0 Å². The third-order valence-corrected chi connectivity index (χ3v) is 4.31. The molecule has 2 aromatic carbocycles. The number of hydrogen-bond acceptors (Lipinski definition) is 4. The second-order valence-corrected chi connectivity index (χ2v) is 6.42. The molecule has 0 bridgehead atoms. The molecular weight excluding hydrogens is 353 g/mol. The zero-order valence-corrected chi connectivity index (χ0v) is 14.6. The van der Waals surface area contributed by atoms with Crippen molar-refractivity contribution < 1.29 is 14.0 Å². The maximum Gasteiger partial charge on any atom is 0.271 e. The van der Waals surface area contributed by atoms with Gasteiger partial charge in [-0.25, -0.2) is 9.37 Å². The van der Waals surface area contributed by atoms with Crippen LogP contribution in [0.25, 0.3) is 0 Å². The van der Waals surface area contributed by atoms with Crippen LogP contribution in [0.4, 0.5) is 9.52 Å². The van der Waals surface area contributed by atoms with Gasteiger partial charge in [0.1, 0.15) is 11.5 Å². The van der Waals surface area contributed by atoms with Gasteiger partial charge in [0.15, 0.2) is 5.13 Å². The number of thiazole rings is 1. The van der Waals surface area contributed by atoms with E-state index in [-0.39, 0.29) is 36.3 Å². The number of rotatable bonds is 6. The van der Waals surface area contributed by atoms with Crippen molar-refractivity contribution in [2.45, 2.75) is 13.0 Å². The molecule has 0 radical (unpaired) electrons. The quantitative estimate of drug-likeness (QED) is 0.700. The maximum atomic E-state index is 12.9. The molecule has 2 amide bonds. The Morgan fingerprint density at radius 3 is 2.46 bits per heavy atom. The van der Waals surface area contributed by atoms with E-state index in [4.69, 9.17) is 0 Å². The van der Waals surface area contributed by atoms with Crippen LogP contribution in [0.5, 0.6) is 0 Å². The molecule has 2 N–H and O–H groups in total. The van der Waals surface area contributed by atoms with Crippen LogP contribution < -0.4 is 10.6 Å². The Balaban J connectivity index is 1.52. The largest absolute Gasteiger partial charge is 0.347 e. The highest BCUT2D eigenvalue weighted by Gasteiger charge is 2.12. The van der Waals surface area contributed by atoms with Gasteiger partial charge in [0, 0.05) is 11.9 Å². The van der Waals surface area contributed by atoms with Gasteiger partial charge < -0.3 is 10.6 Å². The molecule has 0 saturated heterocycles. The third kappa shape index (κ3) is 4.97. The maximum absolute atomic E-state index is 12.9. The Hall–Kier alpha value is -3.06. The third-order valence-electron chi connectivity index (χ3n) is 3.56. The van der Waals surface area contributed by atoms with Crippen molar-refractivity contribution in [3.8, 4) is 0 Å². The lowest BCUT2D eigenvalue weighted by atomic mass is 10.1. The Bertz CT molecular complexity index is 895. The average Bonchev–Trinajstić information content (AvgIpc) is 3.10. The highest BCUT2D eigenvalue weighted by Crippen LogP contribution is 2.16. The van der Waals surface area contributed by atoms with Crippen molar-refractivity contribution in [2.24, 2.45) is 0 Å². The summed E-state index contributed by atoms with van der Waals surface area (Å²) >= 11 is 1.19. The van der Waals surface area contributed by atoms with E-state index in [1.807, 2.05) is 30.3 Å². The van der Waals surface area contributed by atoms with Crippen LogP contribution >= 0.6 is 11.3 Å². The first kappa shape index (κ1) is 17.8. The summed E-state index contributed by atoms with van der Waals surface area (Å²) in [7, 11) is 0. The molecule has 132 valence electrons. The van der Waals surface area contributed by atoms with Crippen molar-refractivity contribution >= 4 is 28.3 Å². The van der Waals surface area contributed by atoms with Crippen molar-refractivity contribution in [1.82, 2.24) is 10.3 Å². The van der Waals surface area contributed by atoms with Crippen molar-refractivity contribution in [2.75, 3.05) is 5.32 Å². The van der Waals surface area contributed by atoms with E-state index in [1.165, 1.54) is 23.5 Å². The molecule has 3 rings (SSSR count). The number of carbonyl (C=O) groups is 2. The second kappa shape index (κ2) is 8.35. The molecule has 0 aliphatic heterocycles. The van der Waals surface area contributed by atoms with Gasteiger partial charge in [-0.15, -0.1) is 11.3 Å². The van der Waals surface area contributed by atoms with Gasteiger partial charge >= 0.3 is 0 Å². The summed E-state index contributed by atoms with van der Waals surface area (Å²) in [5.74, 6) is -0.867. The smallest absolute Gasteiger partial charge is 0.271 e. The van der Waals surface area contributed by atoms with E-state index in [0.717, 1.165) is 11.1 Å². The van der Waals surface area contributed by atoms with Crippen molar-refractivity contribution in [1.29, 1.82) is 0 Å². The predicted molar refractivity (Wildman–Crippen MR) is 98.5 cm³/mol. The summed E-state index contributed by atoms with van der Waals surface area (Å²) in [5.41, 5.74) is 1.91. The number of amides is 2. The van der Waals surface area contributed by atoms with Crippen LogP contribution in [0.2, 0.25) is 0 Å². The topological polar surface area (TPSA) is 71.1 Å². The molecule has 7 heteroatoms. The molecule has 1 aromatic heterocycles. The van der Waals surface area contributed by atoms with Crippen LogP contribution in [0, 0.1) is 5.82 Å². The van der Waals surface area contributed by atoms with Gasteiger partial charge in [0.25, 0.3) is 5.91 Å². The van der Waals surface area contributed by atoms with E-state index < -0.39 is 0 Å². The minimum absolute atomic E-state index is 0.191. The molecule has 0 unspecified atom stereocenters. The fraction of sp³-hybridized carbons (Fsp3) is 0.105. The van der Waals surface area contributed by atoms with Crippen molar-refractivity contribution in [3.63, 3.8) is 0 Å². The molecule has 0 spiro atoms. The number of nitrogens with one attached hydrogen (secondary N) is 2. The van der Waals surface area contributed by atoms with Crippen LogP contribution in [-0.2, 0) is 17.8 Å². The first-order valence-corrected chi connectivity index (χ1v) is 8.80. The fourth-order valence-electron chi connectivity index (χ4n) is 2.26. The van der Waals surface area contributed by atoms with Gasteiger partial charge in [-0.3, -0.25) is 9.59 Å².